The third kappa shape index (κ3) is 6.15. The van der Waals surface area contributed by atoms with Gasteiger partial charge in [0.2, 0.25) is 0 Å². The standard InChI is InChI=1S/3C9H7NO.Pm/c3*11-8-5-1-3-7-4-2-6-10-9(7)8;/h3*1-6,11H;. The van der Waals surface area contributed by atoms with Gasteiger partial charge >= 0.3 is 0 Å². The molecule has 0 unspecified atom stereocenters. The van der Waals surface area contributed by atoms with E-state index in [2.05, 4.69) is 15.0 Å². The molecule has 3 aromatic heterocycles. The fraction of sp³-hybridized carbons (Fsp3) is 0. The van der Waals surface area contributed by atoms with E-state index >= 15 is 0 Å². The maximum atomic E-state index is 9.31. The molecule has 3 aromatic carbocycles. The van der Waals surface area contributed by atoms with Crippen LogP contribution in [0.3, 0.4) is 0 Å². The summed E-state index contributed by atoms with van der Waals surface area (Å²) in [6.45, 7) is 0. The summed E-state index contributed by atoms with van der Waals surface area (Å²) in [6, 6.07) is 27.4. The zero-order valence-electron chi connectivity index (χ0n) is 18.0. The largest absolute Gasteiger partial charge is 0.506 e. The van der Waals surface area contributed by atoms with Gasteiger partial charge in [-0.25, -0.2) is 0 Å². The summed E-state index contributed by atoms with van der Waals surface area (Å²) in [5.41, 5.74) is 1.99. The first-order valence-electron chi connectivity index (χ1n) is 10.2. The van der Waals surface area contributed by atoms with Gasteiger partial charge in [0, 0.05) is 75.1 Å². The first-order chi connectivity index (χ1) is 16.1. The van der Waals surface area contributed by atoms with Gasteiger partial charge in [-0.1, -0.05) is 54.6 Å². The molecule has 7 heteroatoms. The van der Waals surface area contributed by atoms with Gasteiger partial charge in [0.1, 0.15) is 33.8 Å². The van der Waals surface area contributed by atoms with Crippen molar-refractivity contribution in [1.82, 2.24) is 15.0 Å². The van der Waals surface area contributed by atoms with E-state index < -0.39 is 0 Å². The van der Waals surface area contributed by atoms with Crippen LogP contribution in [-0.4, -0.2) is 30.3 Å². The molecule has 167 valence electrons. The molecule has 0 spiro atoms. The Kier molecular flexibility index (Phi) is 9.06. The summed E-state index contributed by atoms with van der Waals surface area (Å²) >= 11 is 0. The van der Waals surface area contributed by atoms with Crippen LogP contribution in [0.5, 0.6) is 17.2 Å². The van der Waals surface area contributed by atoms with Crippen LogP contribution in [0.1, 0.15) is 0 Å². The van der Waals surface area contributed by atoms with E-state index in [-0.39, 0.29) is 57.6 Å². The first-order valence-corrected chi connectivity index (χ1v) is 10.2. The van der Waals surface area contributed by atoms with Crippen molar-refractivity contribution in [3.63, 3.8) is 0 Å². The molecule has 1 radical (unpaired) electrons. The van der Waals surface area contributed by atoms with Crippen molar-refractivity contribution in [1.29, 1.82) is 0 Å². The van der Waals surface area contributed by atoms with E-state index in [1.54, 1.807) is 55.0 Å². The Morgan fingerprint density at radius 3 is 0.912 bits per heavy atom. The van der Waals surface area contributed by atoms with Crippen LogP contribution in [0, 0.1) is 40.4 Å². The molecule has 0 saturated heterocycles. The molecule has 0 atom stereocenters. The van der Waals surface area contributed by atoms with E-state index in [4.69, 9.17) is 0 Å². The number of rotatable bonds is 0. The van der Waals surface area contributed by atoms with Crippen LogP contribution >= 0.6 is 0 Å². The summed E-state index contributed by atoms with van der Waals surface area (Å²) in [5.74, 6) is 0.717. The van der Waals surface area contributed by atoms with Crippen LogP contribution in [0.25, 0.3) is 32.7 Å². The number of fused-ring (bicyclic) bond motifs is 3. The maximum Gasteiger partial charge on any atom is 0.141 e. The summed E-state index contributed by atoms with van der Waals surface area (Å²) in [5, 5.41) is 30.8. The van der Waals surface area contributed by atoms with E-state index in [1.807, 2.05) is 54.6 Å². The zero-order chi connectivity index (χ0) is 23.0. The van der Waals surface area contributed by atoms with Gasteiger partial charge in [-0.15, -0.1) is 0 Å². The number of nitrogens with zero attached hydrogens (tertiary/aromatic N) is 3. The second kappa shape index (κ2) is 12.2. The molecular formula is C27H21N3O3Pm. The summed E-state index contributed by atoms with van der Waals surface area (Å²) in [7, 11) is 0. The number of hydrogen-bond acceptors (Lipinski definition) is 6. The second-order valence-electron chi connectivity index (χ2n) is 7.06. The van der Waals surface area contributed by atoms with Crippen molar-refractivity contribution in [2.75, 3.05) is 0 Å². The van der Waals surface area contributed by atoms with Crippen LogP contribution in [0.4, 0.5) is 0 Å². The minimum absolute atomic E-state index is 0. The van der Waals surface area contributed by atoms with Crippen LogP contribution in [-0.2, 0) is 0 Å². The van der Waals surface area contributed by atoms with Crippen molar-refractivity contribution in [2.24, 2.45) is 0 Å². The smallest absolute Gasteiger partial charge is 0.141 e. The number of aromatic nitrogens is 3. The minimum Gasteiger partial charge on any atom is -0.506 e. The Morgan fingerprint density at radius 1 is 0.382 bits per heavy atom. The topological polar surface area (TPSA) is 99.4 Å². The normalized spacial score (nSPS) is 9.88. The molecule has 6 aromatic rings. The van der Waals surface area contributed by atoms with Crippen molar-refractivity contribution >= 4 is 32.7 Å². The SMILES string of the molecule is Oc1cccc2cccnc12.Oc1cccc2cccnc12.Oc1cccc2cccnc12.[Pm]. The Labute approximate surface area is 228 Å². The number of benzene rings is 3. The monoisotopic (exact) mass is 580 g/mol. The predicted molar refractivity (Wildman–Crippen MR) is 130 cm³/mol. The number of phenolic OH excluding ortho intramolecular Hbond substituents is 3. The third-order valence-electron chi connectivity index (χ3n) is 4.83. The first kappa shape index (κ1) is 25.3. The molecule has 0 aliphatic rings. The molecule has 3 N–H and O–H groups in total. The molecule has 0 bridgehead atoms. The molecule has 0 saturated carbocycles. The molecule has 34 heavy (non-hydrogen) atoms. The van der Waals surface area contributed by atoms with Gasteiger partial charge in [-0.3, -0.25) is 15.0 Å². The Bertz CT molecular complexity index is 1330. The van der Waals surface area contributed by atoms with E-state index in [0.29, 0.717) is 16.6 Å². The summed E-state index contributed by atoms with van der Waals surface area (Å²) < 4.78 is 0. The molecule has 0 amide bonds. The van der Waals surface area contributed by atoms with Crippen molar-refractivity contribution in [2.45, 2.75) is 0 Å². The minimum atomic E-state index is 0. The van der Waals surface area contributed by atoms with E-state index in [1.165, 1.54) is 0 Å². The summed E-state index contributed by atoms with van der Waals surface area (Å²) in [4.78, 5) is 12.1. The number of pyridine rings is 3. The van der Waals surface area contributed by atoms with Crippen molar-refractivity contribution in [3.05, 3.63) is 110 Å². The number of para-hydroxylation sites is 3. The molecular weight excluding hydrogens is 559 g/mol. The van der Waals surface area contributed by atoms with E-state index in [0.717, 1.165) is 16.2 Å². The Morgan fingerprint density at radius 2 is 0.647 bits per heavy atom. The van der Waals surface area contributed by atoms with Gasteiger partial charge < -0.3 is 15.3 Å². The number of aromatic hydroxyl groups is 3. The second-order valence-corrected chi connectivity index (χ2v) is 7.06. The molecule has 6 nitrogen and oxygen atoms in total. The van der Waals surface area contributed by atoms with E-state index in [9.17, 15) is 15.3 Å². The van der Waals surface area contributed by atoms with Crippen LogP contribution < -0.4 is 0 Å². The van der Waals surface area contributed by atoms with Crippen LogP contribution in [0.15, 0.2) is 110 Å². The quantitative estimate of drug-likeness (QED) is 0.210. The zero-order valence-corrected chi connectivity index (χ0v) is 20.9. The van der Waals surface area contributed by atoms with Crippen LogP contribution in [0.2, 0.25) is 0 Å². The maximum absolute atomic E-state index is 9.31. The fourth-order valence-electron chi connectivity index (χ4n) is 3.26. The average Bonchev–Trinajstić information content (AvgIpc) is 2.86. The van der Waals surface area contributed by atoms with Gasteiger partial charge in [0.25, 0.3) is 0 Å². The van der Waals surface area contributed by atoms with Gasteiger partial charge in [0.15, 0.2) is 0 Å². The molecule has 0 fully saturated rings. The Balaban J connectivity index is 0.000000141. The van der Waals surface area contributed by atoms with Crippen molar-refractivity contribution in [3.8, 4) is 17.2 Å². The third-order valence-corrected chi connectivity index (χ3v) is 4.83. The van der Waals surface area contributed by atoms with Crippen molar-refractivity contribution < 1.29 is 55.7 Å². The van der Waals surface area contributed by atoms with Gasteiger partial charge in [-0.2, -0.15) is 0 Å². The van der Waals surface area contributed by atoms with Gasteiger partial charge in [-0.05, 0) is 36.4 Å². The molecule has 0 aliphatic heterocycles. The number of hydrogen-bond donors (Lipinski definition) is 3. The molecule has 0 aliphatic carbocycles. The molecule has 6 rings (SSSR count). The Hall–Kier alpha value is -3.37. The predicted octanol–water partition coefficient (Wildman–Crippen LogP) is 5.82. The summed E-state index contributed by atoms with van der Waals surface area (Å²) in [6.07, 6.45) is 5.01. The molecule has 3 heterocycles. The average molecular weight is 580 g/mol. The number of phenols is 3. The fourth-order valence-corrected chi connectivity index (χ4v) is 3.26. The van der Waals surface area contributed by atoms with Gasteiger partial charge in [0.05, 0.1) is 0 Å².